The number of fused-ring (bicyclic) bond motifs is 2. The predicted octanol–water partition coefficient (Wildman–Crippen LogP) is 0.172. The van der Waals surface area contributed by atoms with Gasteiger partial charge in [-0.1, -0.05) is 43.3 Å². The quantitative estimate of drug-likeness (QED) is 0.575. The molecule has 1 saturated heterocycles. The second kappa shape index (κ2) is 8.49. The molecule has 5 atom stereocenters. The maximum absolute atomic E-state index is 10.7. The van der Waals surface area contributed by atoms with E-state index in [2.05, 4.69) is 31.2 Å². The van der Waals surface area contributed by atoms with Crippen LogP contribution in [-0.2, 0) is 34.7 Å². The van der Waals surface area contributed by atoms with E-state index in [0.717, 1.165) is 17.5 Å². The zero-order chi connectivity index (χ0) is 19.9. The van der Waals surface area contributed by atoms with Crippen LogP contribution in [-0.4, -0.2) is 56.9 Å². The summed E-state index contributed by atoms with van der Waals surface area (Å²) < 4.78 is 11.6. The third-order valence-corrected chi connectivity index (χ3v) is 5.78. The van der Waals surface area contributed by atoms with E-state index in [-0.39, 0.29) is 12.1 Å². The van der Waals surface area contributed by atoms with Crippen molar-refractivity contribution in [1.82, 2.24) is 0 Å². The van der Waals surface area contributed by atoms with Crippen LogP contribution in [0.1, 0.15) is 34.7 Å². The molecule has 0 amide bonds. The molecule has 29 heavy (non-hydrogen) atoms. The van der Waals surface area contributed by atoms with Gasteiger partial charge in [-0.2, -0.15) is 0 Å². The number of rotatable bonds is 4. The molecule has 2 heterocycles. The molecule has 0 unspecified atom stereocenters. The van der Waals surface area contributed by atoms with E-state index in [1.165, 1.54) is 11.1 Å². The molecule has 2 aromatic carbocycles. The summed E-state index contributed by atoms with van der Waals surface area (Å²) in [5.74, 6) is -1.59. The van der Waals surface area contributed by atoms with Gasteiger partial charge in [0.05, 0.1) is 13.2 Å². The predicted molar refractivity (Wildman–Crippen MR) is 105 cm³/mol. The van der Waals surface area contributed by atoms with Crippen molar-refractivity contribution < 1.29 is 35.4 Å². The third-order valence-electron chi connectivity index (χ3n) is 5.78. The Morgan fingerprint density at radius 3 is 2.28 bits per heavy atom. The van der Waals surface area contributed by atoms with Gasteiger partial charge in [0, 0.05) is 5.56 Å². The van der Waals surface area contributed by atoms with Gasteiger partial charge in [-0.15, -0.1) is 0 Å². The van der Waals surface area contributed by atoms with Crippen molar-refractivity contribution in [1.29, 1.82) is 0 Å². The van der Waals surface area contributed by atoms with Crippen molar-refractivity contribution in [2.24, 2.45) is 0 Å². The van der Waals surface area contributed by atoms with Crippen LogP contribution in [0.3, 0.4) is 0 Å². The van der Waals surface area contributed by atoms with Crippen LogP contribution in [0, 0.1) is 0 Å². The third kappa shape index (κ3) is 3.71. The number of aliphatic hydroxyl groups excluding tert-OH is 4. The standard InChI is InChI=1S/C22H26O6.H2O/c1-2-13-3-5-14(6-4-13)9-15-7-8-16-12-27-22(17(16)10-15)21(26)20(25)19(24)18(11-23)28-22;/h3-8,10,18-21,23-26H,2,9,11-12H2,1H3;1H2/t18-,19-,20+,21-,22+;/m1./s1. The van der Waals surface area contributed by atoms with E-state index in [4.69, 9.17) is 9.47 Å². The molecule has 0 bridgehead atoms. The first-order valence-electron chi connectivity index (χ1n) is 9.65. The molecule has 6 N–H and O–H groups in total. The molecule has 7 nitrogen and oxygen atoms in total. The zero-order valence-electron chi connectivity index (χ0n) is 16.3. The summed E-state index contributed by atoms with van der Waals surface area (Å²) in [5.41, 5.74) is 4.95. The number of hydrogen-bond acceptors (Lipinski definition) is 6. The Hall–Kier alpha value is -1.84. The molecule has 0 aromatic heterocycles. The number of aryl methyl sites for hydroxylation is 1. The Balaban J connectivity index is 0.00000240. The summed E-state index contributed by atoms with van der Waals surface area (Å²) in [6, 6.07) is 14.3. The fourth-order valence-electron chi connectivity index (χ4n) is 4.06. The topological polar surface area (TPSA) is 131 Å². The van der Waals surface area contributed by atoms with Gasteiger partial charge in [-0.05, 0) is 41.2 Å². The number of aliphatic hydroxyl groups is 4. The fraction of sp³-hybridized carbons (Fsp3) is 0.455. The molecule has 7 heteroatoms. The minimum Gasteiger partial charge on any atom is -0.412 e. The highest BCUT2D eigenvalue weighted by atomic mass is 16.7. The van der Waals surface area contributed by atoms with Crippen molar-refractivity contribution in [3.05, 3.63) is 70.3 Å². The Morgan fingerprint density at radius 1 is 0.966 bits per heavy atom. The summed E-state index contributed by atoms with van der Waals surface area (Å²) in [5, 5.41) is 40.5. The van der Waals surface area contributed by atoms with Crippen LogP contribution < -0.4 is 0 Å². The average Bonchev–Trinajstić information content (AvgIpc) is 3.08. The van der Waals surface area contributed by atoms with Crippen molar-refractivity contribution in [3.8, 4) is 0 Å². The van der Waals surface area contributed by atoms with Crippen molar-refractivity contribution in [2.45, 2.75) is 56.6 Å². The lowest BCUT2D eigenvalue weighted by Gasteiger charge is -2.46. The van der Waals surface area contributed by atoms with E-state index in [1.807, 2.05) is 18.2 Å². The van der Waals surface area contributed by atoms with Crippen molar-refractivity contribution >= 4 is 0 Å². The molecule has 158 valence electrons. The molecular weight excluding hydrogens is 376 g/mol. The maximum Gasteiger partial charge on any atom is 0.225 e. The second-order valence-electron chi connectivity index (χ2n) is 7.56. The minimum atomic E-state index is -1.59. The molecule has 2 aliphatic heterocycles. The molecule has 1 fully saturated rings. The lowest BCUT2D eigenvalue weighted by molar-refractivity contribution is -0.368. The minimum absolute atomic E-state index is 0. The highest BCUT2D eigenvalue weighted by Gasteiger charge is 2.58. The largest absolute Gasteiger partial charge is 0.412 e. The van der Waals surface area contributed by atoms with E-state index in [0.29, 0.717) is 12.0 Å². The van der Waals surface area contributed by atoms with Gasteiger partial charge >= 0.3 is 0 Å². The van der Waals surface area contributed by atoms with Gasteiger partial charge in [0.25, 0.3) is 0 Å². The van der Waals surface area contributed by atoms with Gasteiger partial charge < -0.3 is 35.4 Å². The van der Waals surface area contributed by atoms with Gasteiger partial charge in [0.2, 0.25) is 5.79 Å². The van der Waals surface area contributed by atoms with E-state index in [9.17, 15) is 20.4 Å². The van der Waals surface area contributed by atoms with Crippen molar-refractivity contribution in [2.75, 3.05) is 6.61 Å². The van der Waals surface area contributed by atoms with E-state index >= 15 is 0 Å². The monoisotopic (exact) mass is 404 g/mol. The first-order chi connectivity index (χ1) is 13.5. The van der Waals surface area contributed by atoms with Crippen LogP contribution in [0.2, 0.25) is 0 Å². The number of benzene rings is 2. The lowest BCUT2D eigenvalue weighted by atomic mass is 9.86. The summed E-state index contributed by atoms with van der Waals surface area (Å²) in [6.07, 6.45) is -3.69. The first kappa shape index (κ1) is 21.9. The number of hydrogen-bond donors (Lipinski definition) is 4. The molecule has 0 radical (unpaired) electrons. The molecule has 2 aliphatic rings. The molecule has 2 aromatic rings. The Kier molecular flexibility index (Phi) is 6.40. The van der Waals surface area contributed by atoms with Crippen LogP contribution in [0.25, 0.3) is 0 Å². The Bertz CT molecular complexity index is 836. The zero-order valence-corrected chi connectivity index (χ0v) is 16.3. The van der Waals surface area contributed by atoms with Crippen LogP contribution in [0.15, 0.2) is 42.5 Å². The number of ether oxygens (including phenoxy) is 2. The van der Waals surface area contributed by atoms with Gasteiger partial charge in [-0.25, -0.2) is 0 Å². The highest BCUT2D eigenvalue weighted by molar-refractivity contribution is 5.41. The molecule has 0 aliphatic carbocycles. The van der Waals surface area contributed by atoms with Gasteiger partial charge in [0.1, 0.15) is 24.4 Å². The first-order valence-corrected chi connectivity index (χ1v) is 9.65. The molecule has 1 spiro atoms. The summed E-state index contributed by atoms with van der Waals surface area (Å²) in [6.45, 7) is 1.85. The molecule has 0 saturated carbocycles. The van der Waals surface area contributed by atoms with Crippen LogP contribution in [0.5, 0.6) is 0 Å². The maximum atomic E-state index is 10.7. The van der Waals surface area contributed by atoms with E-state index < -0.39 is 36.8 Å². The smallest absolute Gasteiger partial charge is 0.225 e. The SMILES string of the molecule is CCc1ccc(Cc2ccc3c(c2)[C@]2(OC3)O[C@H](CO)[C@@H](O)[C@H](O)[C@H]2O)cc1.O. The van der Waals surface area contributed by atoms with Crippen molar-refractivity contribution in [3.63, 3.8) is 0 Å². The normalized spacial score (nSPS) is 30.8. The fourth-order valence-corrected chi connectivity index (χ4v) is 4.06. The van der Waals surface area contributed by atoms with Crippen LogP contribution >= 0.6 is 0 Å². The van der Waals surface area contributed by atoms with Crippen LogP contribution in [0.4, 0.5) is 0 Å². The summed E-state index contributed by atoms with van der Waals surface area (Å²) in [4.78, 5) is 0. The highest BCUT2D eigenvalue weighted by Crippen LogP contribution is 2.46. The van der Waals surface area contributed by atoms with E-state index in [1.54, 1.807) is 0 Å². The average molecular weight is 404 g/mol. The summed E-state index contributed by atoms with van der Waals surface area (Å²) >= 11 is 0. The Morgan fingerprint density at radius 2 is 1.62 bits per heavy atom. The molecular formula is C22H28O7. The lowest BCUT2D eigenvalue weighted by Crippen LogP contribution is -2.63. The van der Waals surface area contributed by atoms with Gasteiger partial charge in [-0.3, -0.25) is 0 Å². The van der Waals surface area contributed by atoms with Gasteiger partial charge in [0.15, 0.2) is 0 Å². The summed E-state index contributed by atoms with van der Waals surface area (Å²) in [7, 11) is 0. The second-order valence-corrected chi connectivity index (χ2v) is 7.56. The Labute approximate surface area is 169 Å². The molecule has 4 rings (SSSR count).